The normalized spacial score (nSPS) is 34.0. The van der Waals surface area contributed by atoms with Gasteiger partial charge in [-0.1, -0.05) is 0 Å². The van der Waals surface area contributed by atoms with E-state index >= 15 is 0 Å². The summed E-state index contributed by atoms with van der Waals surface area (Å²) in [6.45, 7) is 0. The van der Waals surface area contributed by atoms with Gasteiger partial charge in [-0.05, 0) is 19.3 Å². The summed E-state index contributed by atoms with van der Waals surface area (Å²) in [5.74, 6) is 0. The average molecular weight is 152 g/mol. The highest BCUT2D eigenvalue weighted by Crippen LogP contribution is 2.18. The third-order valence-electron chi connectivity index (χ3n) is 1.76. The molecule has 3 heteroatoms. The Labute approximate surface area is 62.2 Å². The number of rotatable bonds is 1. The van der Waals surface area contributed by atoms with Crippen LogP contribution in [-0.2, 0) is 4.74 Å². The van der Waals surface area contributed by atoms with Gasteiger partial charge in [-0.2, -0.15) is 0 Å². The Hall–Kier alpha value is 0.210. The van der Waals surface area contributed by atoms with Gasteiger partial charge in [-0.15, -0.1) is 12.4 Å². The van der Waals surface area contributed by atoms with Gasteiger partial charge in [0.15, 0.2) is 0 Å². The van der Waals surface area contributed by atoms with Crippen LogP contribution >= 0.6 is 12.4 Å². The van der Waals surface area contributed by atoms with Crippen LogP contribution in [0, 0.1) is 0 Å². The van der Waals surface area contributed by atoms with Crippen LogP contribution in [0.1, 0.15) is 19.3 Å². The Morgan fingerprint density at radius 3 is 2.33 bits per heavy atom. The van der Waals surface area contributed by atoms with Crippen molar-refractivity contribution >= 4 is 12.4 Å². The molecular formula is C6H14ClNO. The zero-order valence-electron chi connectivity index (χ0n) is 5.67. The molecule has 2 N–H and O–H groups in total. The quantitative estimate of drug-likeness (QED) is 0.606. The molecule has 1 rings (SSSR count). The van der Waals surface area contributed by atoms with Crippen LogP contribution < -0.4 is 5.73 Å². The van der Waals surface area contributed by atoms with Gasteiger partial charge in [0.2, 0.25) is 0 Å². The minimum absolute atomic E-state index is 0. The molecule has 0 saturated heterocycles. The zero-order chi connectivity index (χ0) is 5.98. The Balaban J connectivity index is 0.000000640. The summed E-state index contributed by atoms with van der Waals surface area (Å²) in [6.07, 6.45) is 3.79. The number of methoxy groups -OCH3 is 1. The predicted octanol–water partition coefficient (Wildman–Crippen LogP) is 0.934. The first kappa shape index (κ1) is 9.21. The van der Waals surface area contributed by atoms with Crippen LogP contribution in [0.5, 0.6) is 0 Å². The Morgan fingerprint density at radius 2 is 2.11 bits per heavy atom. The van der Waals surface area contributed by atoms with Gasteiger partial charge in [0, 0.05) is 13.2 Å². The maximum atomic E-state index is 5.62. The van der Waals surface area contributed by atoms with Gasteiger partial charge in [0.05, 0.1) is 6.10 Å². The number of ether oxygens (including phenoxy) is 1. The highest BCUT2D eigenvalue weighted by atomic mass is 35.5. The molecule has 0 amide bonds. The average Bonchev–Trinajstić information content (AvgIpc) is 2.14. The monoisotopic (exact) mass is 151 g/mol. The van der Waals surface area contributed by atoms with Crippen molar-refractivity contribution in [3.8, 4) is 0 Å². The molecule has 0 aromatic heterocycles. The van der Waals surface area contributed by atoms with Crippen molar-refractivity contribution in [2.24, 2.45) is 5.73 Å². The van der Waals surface area contributed by atoms with Crippen LogP contribution in [0.2, 0.25) is 0 Å². The van der Waals surface area contributed by atoms with E-state index in [1.807, 2.05) is 0 Å². The Kier molecular flexibility index (Phi) is 4.19. The van der Waals surface area contributed by atoms with E-state index in [9.17, 15) is 0 Å². The summed E-state index contributed by atoms with van der Waals surface area (Å²) in [5.41, 5.74) is 5.62. The number of nitrogens with two attached hydrogens (primary N) is 1. The maximum absolute atomic E-state index is 5.62. The summed E-state index contributed by atoms with van der Waals surface area (Å²) in [4.78, 5) is 0. The van der Waals surface area contributed by atoms with Crippen LogP contribution in [0.4, 0.5) is 0 Å². The standard InChI is InChI=1S/C6H13NO.ClH/c1-8-6-3-2-5(7)4-6;/h5-6H,2-4,7H2,1H3;1H. The van der Waals surface area contributed by atoms with E-state index in [0.717, 1.165) is 19.3 Å². The van der Waals surface area contributed by atoms with E-state index in [1.165, 1.54) is 0 Å². The largest absolute Gasteiger partial charge is 0.381 e. The van der Waals surface area contributed by atoms with Gasteiger partial charge in [0.25, 0.3) is 0 Å². The second-order valence-electron chi connectivity index (χ2n) is 2.43. The summed E-state index contributed by atoms with van der Waals surface area (Å²) in [7, 11) is 1.75. The first-order valence-electron chi connectivity index (χ1n) is 3.11. The highest BCUT2D eigenvalue weighted by Gasteiger charge is 2.20. The molecule has 2 unspecified atom stereocenters. The molecule has 1 saturated carbocycles. The van der Waals surface area contributed by atoms with Crippen LogP contribution in [0.3, 0.4) is 0 Å². The molecule has 0 spiro atoms. The lowest BCUT2D eigenvalue weighted by Gasteiger charge is -2.04. The molecule has 9 heavy (non-hydrogen) atoms. The lowest BCUT2D eigenvalue weighted by molar-refractivity contribution is 0.108. The summed E-state index contributed by atoms with van der Waals surface area (Å²) >= 11 is 0. The molecular weight excluding hydrogens is 138 g/mol. The third kappa shape index (κ3) is 2.52. The van der Waals surface area contributed by atoms with Crippen molar-refractivity contribution in [3.63, 3.8) is 0 Å². The molecule has 0 aromatic rings. The number of halogens is 1. The third-order valence-corrected chi connectivity index (χ3v) is 1.76. The molecule has 0 heterocycles. The minimum atomic E-state index is 0. The predicted molar refractivity (Wildman–Crippen MR) is 39.9 cm³/mol. The van der Waals surface area contributed by atoms with E-state index in [1.54, 1.807) is 7.11 Å². The van der Waals surface area contributed by atoms with Crippen LogP contribution in [0.25, 0.3) is 0 Å². The maximum Gasteiger partial charge on any atom is 0.0586 e. The van der Waals surface area contributed by atoms with Crippen molar-refractivity contribution in [2.45, 2.75) is 31.4 Å². The van der Waals surface area contributed by atoms with Crippen molar-refractivity contribution in [2.75, 3.05) is 7.11 Å². The second-order valence-corrected chi connectivity index (χ2v) is 2.43. The molecule has 0 aromatic carbocycles. The summed E-state index contributed by atoms with van der Waals surface area (Å²) in [6, 6.07) is 0.403. The molecule has 0 radical (unpaired) electrons. The van der Waals surface area contributed by atoms with E-state index in [-0.39, 0.29) is 12.4 Å². The van der Waals surface area contributed by atoms with E-state index < -0.39 is 0 Å². The summed E-state index contributed by atoms with van der Waals surface area (Å²) in [5, 5.41) is 0. The fraction of sp³-hybridized carbons (Fsp3) is 1.00. The molecule has 2 atom stereocenters. The van der Waals surface area contributed by atoms with Crippen LogP contribution in [0.15, 0.2) is 0 Å². The van der Waals surface area contributed by atoms with Crippen molar-refractivity contribution < 1.29 is 4.74 Å². The van der Waals surface area contributed by atoms with E-state index in [2.05, 4.69) is 0 Å². The van der Waals surface area contributed by atoms with Gasteiger partial charge >= 0.3 is 0 Å². The van der Waals surface area contributed by atoms with E-state index in [0.29, 0.717) is 12.1 Å². The van der Waals surface area contributed by atoms with Crippen molar-refractivity contribution in [3.05, 3.63) is 0 Å². The van der Waals surface area contributed by atoms with Gasteiger partial charge in [-0.25, -0.2) is 0 Å². The van der Waals surface area contributed by atoms with Crippen molar-refractivity contribution in [1.82, 2.24) is 0 Å². The fourth-order valence-electron chi connectivity index (χ4n) is 1.19. The smallest absolute Gasteiger partial charge is 0.0586 e. The summed E-state index contributed by atoms with van der Waals surface area (Å²) < 4.78 is 5.10. The minimum Gasteiger partial charge on any atom is -0.381 e. The Bertz CT molecular complexity index is 79.5. The first-order chi connectivity index (χ1) is 3.83. The molecule has 0 aliphatic heterocycles. The lowest BCUT2D eigenvalue weighted by Crippen LogP contribution is -2.16. The van der Waals surface area contributed by atoms with Gasteiger partial charge in [0.1, 0.15) is 0 Å². The molecule has 1 aliphatic rings. The molecule has 0 bridgehead atoms. The van der Waals surface area contributed by atoms with Gasteiger partial charge in [-0.3, -0.25) is 0 Å². The first-order valence-corrected chi connectivity index (χ1v) is 3.11. The topological polar surface area (TPSA) is 35.2 Å². The lowest BCUT2D eigenvalue weighted by atomic mass is 10.3. The highest BCUT2D eigenvalue weighted by molar-refractivity contribution is 5.85. The van der Waals surface area contributed by atoms with E-state index in [4.69, 9.17) is 10.5 Å². The number of hydrogen-bond acceptors (Lipinski definition) is 2. The number of hydrogen-bond donors (Lipinski definition) is 1. The Morgan fingerprint density at radius 1 is 1.44 bits per heavy atom. The SMILES string of the molecule is COC1CCC(N)C1.Cl. The van der Waals surface area contributed by atoms with Crippen molar-refractivity contribution in [1.29, 1.82) is 0 Å². The van der Waals surface area contributed by atoms with Crippen LogP contribution in [-0.4, -0.2) is 19.3 Å². The molecule has 1 aliphatic carbocycles. The molecule has 1 fully saturated rings. The molecule has 56 valence electrons. The molecule has 2 nitrogen and oxygen atoms in total. The second kappa shape index (κ2) is 4.09. The zero-order valence-corrected chi connectivity index (χ0v) is 6.49. The van der Waals surface area contributed by atoms with Gasteiger partial charge < -0.3 is 10.5 Å². The fourth-order valence-corrected chi connectivity index (χ4v) is 1.19.